The van der Waals surface area contributed by atoms with Gasteiger partial charge in [-0.25, -0.2) is 25.9 Å². The van der Waals surface area contributed by atoms with Crippen LogP contribution in [0.1, 0.15) is 12.8 Å². The third-order valence-corrected chi connectivity index (χ3v) is 6.09. The Morgan fingerprint density at radius 1 is 1.10 bits per heavy atom. The standard InChI is InChI=1S/C12H21N3O4S2/c1-15(2)21(18,19)12-7-5-6-11(10-12)20(16,17)14-9-4-3-8-13/h5-7,10,14H,3-4,8-9,13H2,1-2H3. The van der Waals surface area contributed by atoms with E-state index >= 15 is 0 Å². The van der Waals surface area contributed by atoms with Crippen LogP contribution in [-0.2, 0) is 20.0 Å². The molecule has 1 rings (SSSR count). The van der Waals surface area contributed by atoms with Crippen molar-refractivity contribution in [1.82, 2.24) is 9.03 Å². The molecule has 0 amide bonds. The van der Waals surface area contributed by atoms with Crippen LogP contribution in [0.4, 0.5) is 0 Å². The van der Waals surface area contributed by atoms with Crippen LogP contribution in [0.25, 0.3) is 0 Å². The van der Waals surface area contributed by atoms with Crippen molar-refractivity contribution >= 4 is 20.0 Å². The number of nitrogens with zero attached hydrogens (tertiary/aromatic N) is 1. The quantitative estimate of drug-likeness (QED) is 0.648. The molecule has 1 aromatic rings. The molecule has 0 unspecified atom stereocenters. The largest absolute Gasteiger partial charge is 0.330 e. The molecule has 7 nitrogen and oxygen atoms in total. The van der Waals surface area contributed by atoms with Gasteiger partial charge in [-0.2, -0.15) is 0 Å². The van der Waals surface area contributed by atoms with Gasteiger partial charge in [0, 0.05) is 20.6 Å². The first kappa shape index (κ1) is 18.1. The molecule has 0 spiro atoms. The van der Waals surface area contributed by atoms with Crippen molar-refractivity contribution in [2.45, 2.75) is 22.6 Å². The number of benzene rings is 1. The molecular weight excluding hydrogens is 314 g/mol. The van der Waals surface area contributed by atoms with Gasteiger partial charge in [-0.1, -0.05) is 6.07 Å². The van der Waals surface area contributed by atoms with E-state index in [9.17, 15) is 16.8 Å². The Kier molecular flexibility index (Phi) is 6.29. The third kappa shape index (κ3) is 4.75. The molecule has 0 saturated heterocycles. The van der Waals surface area contributed by atoms with Gasteiger partial charge in [0.25, 0.3) is 0 Å². The summed E-state index contributed by atoms with van der Waals surface area (Å²) in [5, 5.41) is 0. The highest BCUT2D eigenvalue weighted by Gasteiger charge is 2.20. The van der Waals surface area contributed by atoms with Gasteiger partial charge < -0.3 is 5.73 Å². The number of nitrogens with two attached hydrogens (primary N) is 1. The second-order valence-electron chi connectivity index (χ2n) is 4.66. The normalized spacial score (nSPS) is 12.8. The van der Waals surface area contributed by atoms with Gasteiger partial charge in [0.1, 0.15) is 0 Å². The average Bonchev–Trinajstić information content (AvgIpc) is 2.43. The Bertz CT molecular complexity index is 669. The van der Waals surface area contributed by atoms with Crippen LogP contribution in [0.3, 0.4) is 0 Å². The minimum Gasteiger partial charge on any atom is -0.330 e. The average molecular weight is 335 g/mol. The molecule has 0 bridgehead atoms. The van der Waals surface area contributed by atoms with Crippen LogP contribution in [0, 0.1) is 0 Å². The van der Waals surface area contributed by atoms with Crippen LogP contribution >= 0.6 is 0 Å². The van der Waals surface area contributed by atoms with Gasteiger partial charge in [-0.3, -0.25) is 0 Å². The Morgan fingerprint density at radius 3 is 2.29 bits per heavy atom. The molecule has 21 heavy (non-hydrogen) atoms. The minimum atomic E-state index is -3.72. The molecule has 0 atom stereocenters. The van der Waals surface area contributed by atoms with Crippen LogP contribution < -0.4 is 10.5 Å². The van der Waals surface area contributed by atoms with Crippen LogP contribution in [0.5, 0.6) is 0 Å². The molecule has 0 aliphatic rings. The molecule has 0 aliphatic carbocycles. The molecule has 0 heterocycles. The summed E-state index contributed by atoms with van der Waals surface area (Å²) in [5.41, 5.74) is 5.34. The van der Waals surface area contributed by atoms with E-state index in [-0.39, 0.29) is 16.3 Å². The predicted octanol–water partition coefficient (Wildman–Crippen LogP) is -0.0459. The molecule has 0 saturated carbocycles. The molecule has 0 radical (unpaired) electrons. The van der Waals surface area contributed by atoms with E-state index in [4.69, 9.17) is 5.73 Å². The lowest BCUT2D eigenvalue weighted by atomic mass is 10.3. The topological polar surface area (TPSA) is 110 Å². The summed E-state index contributed by atoms with van der Waals surface area (Å²) in [6, 6.07) is 5.29. The number of hydrogen-bond acceptors (Lipinski definition) is 5. The van der Waals surface area contributed by atoms with Gasteiger partial charge in [0.15, 0.2) is 0 Å². The zero-order valence-corrected chi connectivity index (χ0v) is 13.7. The summed E-state index contributed by atoms with van der Waals surface area (Å²) in [6.07, 6.45) is 1.35. The first-order chi connectivity index (χ1) is 9.71. The van der Waals surface area contributed by atoms with Crippen molar-refractivity contribution < 1.29 is 16.8 Å². The predicted molar refractivity (Wildman–Crippen MR) is 80.8 cm³/mol. The van der Waals surface area contributed by atoms with Crippen molar-refractivity contribution in [2.24, 2.45) is 5.73 Å². The molecule has 120 valence electrons. The Labute approximate surface area is 126 Å². The summed E-state index contributed by atoms with van der Waals surface area (Å²) >= 11 is 0. The Balaban J connectivity index is 3.00. The number of nitrogens with one attached hydrogen (secondary N) is 1. The zero-order valence-electron chi connectivity index (χ0n) is 12.1. The van der Waals surface area contributed by atoms with Gasteiger partial charge in [0.05, 0.1) is 9.79 Å². The van der Waals surface area contributed by atoms with Crippen molar-refractivity contribution in [3.05, 3.63) is 24.3 Å². The second-order valence-corrected chi connectivity index (χ2v) is 8.57. The lowest BCUT2D eigenvalue weighted by Gasteiger charge is -2.12. The number of sulfonamides is 2. The molecule has 9 heteroatoms. The van der Waals surface area contributed by atoms with Gasteiger partial charge >= 0.3 is 0 Å². The summed E-state index contributed by atoms with van der Waals surface area (Å²) in [5.74, 6) is 0. The summed E-state index contributed by atoms with van der Waals surface area (Å²) < 4.78 is 51.7. The van der Waals surface area contributed by atoms with E-state index in [1.807, 2.05) is 0 Å². The fraction of sp³-hybridized carbons (Fsp3) is 0.500. The van der Waals surface area contributed by atoms with Crippen molar-refractivity contribution in [1.29, 1.82) is 0 Å². The number of hydrogen-bond donors (Lipinski definition) is 2. The van der Waals surface area contributed by atoms with Crippen LogP contribution in [0.15, 0.2) is 34.1 Å². The molecule has 1 aromatic carbocycles. The van der Waals surface area contributed by atoms with E-state index in [0.29, 0.717) is 13.0 Å². The maximum Gasteiger partial charge on any atom is 0.242 e. The molecule has 0 fully saturated rings. The van der Waals surface area contributed by atoms with Gasteiger partial charge in [-0.05, 0) is 37.6 Å². The first-order valence-corrected chi connectivity index (χ1v) is 9.36. The van der Waals surface area contributed by atoms with Crippen molar-refractivity contribution in [3.8, 4) is 0 Å². The lowest BCUT2D eigenvalue weighted by molar-refractivity contribution is 0.520. The SMILES string of the molecule is CN(C)S(=O)(=O)c1cccc(S(=O)(=O)NCCCCN)c1. The van der Waals surface area contributed by atoms with Crippen LogP contribution in [-0.4, -0.2) is 48.3 Å². The lowest BCUT2D eigenvalue weighted by Crippen LogP contribution is -2.26. The third-order valence-electron chi connectivity index (χ3n) is 2.82. The molecule has 0 aliphatic heterocycles. The van der Waals surface area contributed by atoms with E-state index in [2.05, 4.69) is 4.72 Å². The van der Waals surface area contributed by atoms with Gasteiger partial charge in [-0.15, -0.1) is 0 Å². The Morgan fingerprint density at radius 2 is 1.71 bits per heavy atom. The van der Waals surface area contributed by atoms with E-state index < -0.39 is 20.0 Å². The first-order valence-electron chi connectivity index (χ1n) is 6.44. The van der Waals surface area contributed by atoms with Crippen molar-refractivity contribution in [2.75, 3.05) is 27.2 Å². The fourth-order valence-electron chi connectivity index (χ4n) is 1.57. The highest BCUT2D eigenvalue weighted by Crippen LogP contribution is 2.17. The number of rotatable bonds is 8. The molecule has 3 N–H and O–H groups in total. The summed E-state index contributed by atoms with van der Waals surface area (Å²) in [4.78, 5) is -0.129. The minimum absolute atomic E-state index is 0.0580. The highest BCUT2D eigenvalue weighted by molar-refractivity contribution is 7.90. The summed E-state index contributed by atoms with van der Waals surface area (Å²) in [6.45, 7) is 0.766. The fourth-order valence-corrected chi connectivity index (χ4v) is 3.71. The maximum atomic E-state index is 12.1. The molecule has 0 aromatic heterocycles. The van der Waals surface area contributed by atoms with E-state index in [1.54, 1.807) is 0 Å². The number of unbranched alkanes of at least 4 members (excludes halogenated alkanes) is 1. The van der Waals surface area contributed by atoms with Crippen molar-refractivity contribution in [3.63, 3.8) is 0 Å². The maximum absolute atomic E-state index is 12.1. The van der Waals surface area contributed by atoms with E-state index in [0.717, 1.165) is 16.8 Å². The molecular formula is C12H21N3O4S2. The van der Waals surface area contributed by atoms with Gasteiger partial charge in [0.2, 0.25) is 20.0 Å². The zero-order chi connectivity index (χ0) is 16.1. The smallest absolute Gasteiger partial charge is 0.242 e. The van der Waals surface area contributed by atoms with E-state index in [1.165, 1.54) is 32.3 Å². The second kappa shape index (κ2) is 7.32. The van der Waals surface area contributed by atoms with Crippen LogP contribution in [0.2, 0.25) is 0 Å². The highest BCUT2D eigenvalue weighted by atomic mass is 32.2. The Hall–Kier alpha value is -1.00. The monoisotopic (exact) mass is 335 g/mol. The summed E-state index contributed by atoms with van der Waals surface area (Å²) in [7, 11) is -4.61.